The topological polar surface area (TPSA) is 40.6 Å². The maximum atomic E-state index is 13.7. The van der Waals surface area contributed by atoms with Crippen molar-refractivity contribution in [2.75, 3.05) is 18.0 Å². The van der Waals surface area contributed by atoms with Crippen LogP contribution in [0.15, 0.2) is 12.1 Å². The normalized spacial score (nSPS) is 22.4. The van der Waals surface area contributed by atoms with Gasteiger partial charge in [-0.05, 0) is 12.8 Å². The summed E-state index contributed by atoms with van der Waals surface area (Å²) >= 11 is 0. The van der Waals surface area contributed by atoms with Crippen molar-refractivity contribution in [3.63, 3.8) is 0 Å². The lowest BCUT2D eigenvalue weighted by Gasteiger charge is -2.36. The second kappa shape index (κ2) is 4.50. The summed E-state index contributed by atoms with van der Waals surface area (Å²) < 4.78 is 39.9. The van der Waals surface area contributed by atoms with E-state index < -0.39 is 35.1 Å². The van der Waals surface area contributed by atoms with Gasteiger partial charge in [-0.1, -0.05) is 0 Å². The van der Waals surface area contributed by atoms with E-state index in [-0.39, 0.29) is 12.5 Å². The average Bonchev–Trinajstić information content (AvgIpc) is 2.88. The van der Waals surface area contributed by atoms with E-state index in [9.17, 15) is 22.8 Å². The monoisotopic (exact) mass is 284 g/mol. The fourth-order valence-corrected chi connectivity index (χ4v) is 2.73. The number of halogens is 3. The number of fused-ring (bicyclic) bond motifs is 1. The first-order chi connectivity index (χ1) is 9.49. The molecule has 2 aliphatic heterocycles. The number of carbonyl (C=O) groups excluding carboxylic acids is 2. The van der Waals surface area contributed by atoms with Crippen molar-refractivity contribution >= 4 is 17.5 Å². The molecule has 0 aromatic heterocycles. The zero-order chi connectivity index (χ0) is 14.4. The van der Waals surface area contributed by atoms with Gasteiger partial charge in [0.25, 0.3) is 0 Å². The minimum Gasteiger partial charge on any atom is -0.329 e. The van der Waals surface area contributed by atoms with Gasteiger partial charge in [-0.15, -0.1) is 0 Å². The Bertz CT molecular complexity index is 606. The van der Waals surface area contributed by atoms with Gasteiger partial charge in [0.15, 0.2) is 11.6 Å². The van der Waals surface area contributed by atoms with Gasteiger partial charge < -0.3 is 4.90 Å². The summed E-state index contributed by atoms with van der Waals surface area (Å²) in [6, 6.07) is 0.368. The summed E-state index contributed by atoms with van der Waals surface area (Å²) in [4.78, 5) is 26.5. The van der Waals surface area contributed by atoms with Gasteiger partial charge in [0.05, 0.1) is 5.69 Å². The molecular formula is C13H11F3N2O2. The molecule has 1 aromatic rings. The molecule has 106 valence electrons. The Kier molecular flexibility index (Phi) is 2.92. The summed E-state index contributed by atoms with van der Waals surface area (Å²) in [5.74, 6) is -4.40. The Morgan fingerprint density at radius 2 is 1.75 bits per heavy atom. The van der Waals surface area contributed by atoms with Gasteiger partial charge >= 0.3 is 0 Å². The Hall–Kier alpha value is -2.05. The van der Waals surface area contributed by atoms with E-state index in [4.69, 9.17) is 0 Å². The van der Waals surface area contributed by atoms with Crippen LogP contribution < -0.4 is 4.90 Å². The van der Waals surface area contributed by atoms with Crippen LogP contribution in [0.4, 0.5) is 18.9 Å². The summed E-state index contributed by atoms with van der Waals surface area (Å²) in [7, 11) is 0. The summed E-state index contributed by atoms with van der Waals surface area (Å²) in [6.07, 6.45) is 1.21. The highest BCUT2D eigenvalue weighted by Crippen LogP contribution is 2.29. The van der Waals surface area contributed by atoms with Gasteiger partial charge in [0.1, 0.15) is 18.4 Å². The summed E-state index contributed by atoms with van der Waals surface area (Å²) in [5, 5.41) is 0. The molecule has 0 bridgehead atoms. The van der Waals surface area contributed by atoms with Crippen molar-refractivity contribution in [1.29, 1.82) is 0 Å². The van der Waals surface area contributed by atoms with E-state index in [2.05, 4.69) is 0 Å². The standard InChI is InChI=1S/C13H11F3N2O2/c14-7-4-9(16)11(5-8(7)15)18-6-12(19)17-3-1-2-10(17)13(18)20/h4-5,10H,1-3,6H2. The first-order valence-electron chi connectivity index (χ1n) is 6.24. The van der Waals surface area contributed by atoms with Crippen molar-refractivity contribution in [2.45, 2.75) is 18.9 Å². The lowest BCUT2D eigenvalue weighted by Crippen LogP contribution is -2.57. The van der Waals surface area contributed by atoms with Gasteiger partial charge in [0, 0.05) is 18.7 Å². The maximum Gasteiger partial charge on any atom is 0.250 e. The number of nitrogens with zero attached hydrogens (tertiary/aromatic N) is 2. The molecule has 0 saturated carbocycles. The highest BCUT2D eigenvalue weighted by atomic mass is 19.2. The highest BCUT2D eigenvalue weighted by molar-refractivity contribution is 6.06. The van der Waals surface area contributed by atoms with E-state index in [0.717, 1.165) is 4.90 Å². The first-order valence-corrected chi connectivity index (χ1v) is 6.24. The van der Waals surface area contributed by atoms with Crippen LogP contribution in [0.25, 0.3) is 0 Å². The summed E-state index contributed by atoms with van der Waals surface area (Å²) in [5.41, 5.74) is -0.395. The van der Waals surface area contributed by atoms with Crippen LogP contribution in [0.3, 0.4) is 0 Å². The molecule has 0 N–H and O–H groups in total. The molecule has 2 saturated heterocycles. The maximum absolute atomic E-state index is 13.7. The minimum atomic E-state index is -1.33. The molecule has 1 aromatic carbocycles. The number of piperazine rings is 1. The van der Waals surface area contributed by atoms with Crippen LogP contribution in [-0.2, 0) is 9.59 Å². The predicted molar refractivity (Wildman–Crippen MR) is 63.4 cm³/mol. The number of anilines is 1. The minimum absolute atomic E-state index is 0.309. The van der Waals surface area contributed by atoms with Gasteiger partial charge in [-0.2, -0.15) is 0 Å². The highest BCUT2D eigenvalue weighted by Gasteiger charge is 2.43. The third-order valence-electron chi connectivity index (χ3n) is 3.70. The molecule has 1 atom stereocenters. The lowest BCUT2D eigenvalue weighted by molar-refractivity contribution is -0.140. The Labute approximate surface area is 112 Å². The predicted octanol–water partition coefficient (Wildman–Crippen LogP) is 1.44. The van der Waals surface area contributed by atoms with Crippen molar-refractivity contribution in [2.24, 2.45) is 0 Å². The number of carbonyl (C=O) groups is 2. The van der Waals surface area contributed by atoms with E-state index in [1.807, 2.05) is 0 Å². The largest absolute Gasteiger partial charge is 0.329 e. The Balaban J connectivity index is 2.00. The zero-order valence-electron chi connectivity index (χ0n) is 10.4. The number of amides is 2. The number of rotatable bonds is 1. The average molecular weight is 284 g/mol. The Morgan fingerprint density at radius 3 is 2.50 bits per heavy atom. The molecule has 2 fully saturated rings. The molecule has 20 heavy (non-hydrogen) atoms. The number of hydrogen-bond donors (Lipinski definition) is 0. The van der Waals surface area contributed by atoms with Crippen LogP contribution >= 0.6 is 0 Å². The quantitative estimate of drug-likeness (QED) is 0.732. The molecular weight excluding hydrogens is 273 g/mol. The molecule has 2 aliphatic rings. The molecule has 2 heterocycles. The molecule has 0 radical (unpaired) electrons. The van der Waals surface area contributed by atoms with Crippen LogP contribution in [0.5, 0.6) is 0 Å². The van der Waals surface area contributed by atoms with E-state index in [1.54, 1.807) is 0 Å². The third kappa shape index (κ3) is 1.85. The van der Waals surface area contributed by atoms with Gasteiger partial charge in [-0.25, -0.2) is 13.2 Å². The smallest absolute Gasteiger partial charge is 0.250 e. The summed E-state index contributed by atoms with van der Waals surface area (Å²) in [6.45, 7) is 0.153. The fraction of sp³-hybridized carbons (Fsp3) is 0.385. The second-order valence-electron chi connectivity index (χ2n) is 4.89. The van der Waals surface area contributed by atoms with E-state index in [1.165, 1.54) is 4.90 Å². The zero-order valence-corrected chi connectivity index (χ0v) is 10.4. The lowest BCUT2D eigenvalue weighted by atomic mass is 10.1. The Morgan fingerprint density at radius 1 is 1.05 bits per heavy atom. The van der Waals surface area contributed by atoms with Crippen LogP contribution in [0, 0.1) is 17.5 Å². The van der Waals surface area contributed by atoms with Gasteiger partial charge in [-0.3, -0.25) is 14.5 Å². The molecule has 0 aliphatic carbocycles. The first kappa shape index (κ1) is 13.0. The van der Waals surface area contributed by atoms with Crippen molar-refractivity contribution in [3.8, 4) is 0 Å². The van der Waals surface area contributed by atoms with Crippen molar-refractivity contribution < 1.29 is 22.8 Å². The fourth-order valence-electron chi connectivity index (χ4n) is 2.73. The molecule has 2 amide bonds. The number of benzene rings is 1. The van der Waals surface area contributed by atoms with Crippen LogP contribution in [0.2, 0.25) is 0 Å². The number of hydrogen-bond acceptors (Lipinski definition) is 2. The molecule has 3 rings (SSSR count). The third-order valence-corrected chi connectivity index (χ3v) is 3.70. The second-order valence-corrected chi connectivity index (χ2v) is 4.89. The molecule has 4 nitrogen and oxygen atoms in total. The molecule has 1 unspecified atom stereocenters. The van der Waals surface area contributed by atoms with E-state index in [0.29, 0.717) is 31.5 Å². The van der Waals surface area contributed by atoms with Crippen LogP contribution in [0.1, 0.15) is 12.8 Å². The van der Waals surface area contributed by atoms with Gasteiger partial charge in [0.2, 0.25) is 11.8 Å². The van der Waals surface area contributed by atoms with E-state index >= 15 is 0 Å². The molecule has 7 heteroatoms. The SMILES string of the molecule is O=C1C2CCCN2C(=O)CN1c1cc(F)c(F)cc1F. The van der Waals surface area contributed by atoms with Crippen molar-refractivity contribution in [3.05, 3.63) is 29.6 Å². The van der Waals surface area contributed by atoms with Crippen molar-refractivity contribution in [1.82, 2.24) is 4.90 Å². The van der Waals surface area contributed by atoms with Crippen LogP contribution in [-0.4, -0.2) is 35.8 Å². The molecule has 0 spiro atoms.